The summed E-state index contributed by atoms with van der Waals surface area (Å²) in [5.74, 6) is 1.18. The Labute approximate surface area is 228 Å². The fraction of sp³-hybridized carbons (Fsp3) is 0.250. The molecule has 7 nitrogen and oxygen atoms in total. The van der Waals surface area contributed by atoms with Crippen molar-refractivity contribution < 1.29 is 19.4 Å². The number of hydrogen-bond acceptors (Lipinski definition) is 5. The summed E-state index contributed by atoms with van der Waals surface area (Å²) in [6.07, 6.45) is 1.68. The van der Waals surface area contributed by atoms with Gasteiger partial charge in [-0.15, -0.1) is 0 Å². The number of ether oxygens (including phenoxy) is 2. The van der Waals surface area contributed by atoms with Crippen molar-refractivity contribution in [2.75, 3.05) is 13.2 Å². The van der Waals surface area contributed by atoms with E-state index in [-0.39, 0.29) is 11.7 Å². The maximum Gasteiger partial charge on any atom is 0.273 e. The summed E-state index contributed by atoms with van der Waals surface area (Å²) < 4.78 is 11.8. The van der Waals surface area contributed by atoms with Gasteiger partial charge in [-0.2, -0.15) is 5.10 Å². The number of fused-ring (bicyclic) bond motifs is 1. The van der Waals surface area contributed by atoms with Gasteiger partial charge in [0.2, 0.25) is 0 Å². The van der Waals surface area contributed by atoms with Gasteiger partial charge in [0, 0.05) is 17.7 Å². The molecule has 2 N–H and O–H groups in total. The lowest BCUT2D eigenvalue weighted by Crippen LogP contribution is -2.29. The predicted molar refractivity (Wildman–Crippen MR) is 151 cm³/mol. The van der Waals surface area contributed by atoms with Gasteiger partial charge in [-0.1, -0.05) is 54.6 Å². The first kappa shape index (κ1) is 26.1. The highest BCUT2D eigenvalue weighted by Gasteiger charge is 2.43. The lowest BCUT2D eigenvalue weighted by Gasteiger charge is -2.27. The molecule has 1 aliphatic heterocycles. The van der Waals surface area contributed by atoms with Gasteiger partial charge >= 0.3 is 0 Å². The van der Waals surface area contributed by atoms with Crippen molar-refractivity contribution in [1.29, 1.82) is 0 Å². The first-order chi connectivity index (χ1) is 18.8. The van der Waals surface area contributed by atoms with E-state index in [2.05, 4.69) is 16.8 Å². The number of aromatic nitrogens is 2. The van der Waals surface area contributed by atoms with Gasteiger partial charge in [-0.25, -0.2) is 0 Å². The second-order valence-corrected chi connectivity index (χ2v) is 9.90. The third-order valence-electron chi connectivity index (χ3n) is 6.97. The van der Waals surface area contributed by atoms with Gasteiger partial charge in [0.15, 0.2) is 11.5 Å². The molecule has 7 heteroatoms. The van der Waals surface area contributed by atoms with Crippen molar-refractivity contribution in [2.45, 2.75) is 40.3 Å². The molecule has 0 fully saturated rings. The molecular formula is C32H33N3O4. The van der Waals surface area contributed by atoms with E-state index in [1.54, 1.807) is 12.1 Å². The summed E-state index contributed by atoms with van der Waals surface area (Å²) in [6, 6.07) is 17.2. The van der Waals surface area contributed by atoms with E-state index in [4.69, 9.17) is 9.47 Å². The van der Waals surface area contributed by atoms with Crippen molar-refractivity contribution >= 4 is 5.91 Å². The maximum absolute atomic E-state index is 13.9. The SMILES string of the molecule is C=CCOc1ccc(C2c3c(-c4c(C)cc(C)cc4O)n[nH]c3C(=O)N2Cc2ccc(C)cc2)cc1OCC. The largest absolute Gasteiger partial charge is 0.507 e. The first-order valence-electron chi connectivity index (χ1n) is 13.1. The molecule has 0 saturated heterocycles. The predicted octanol–water partition coefficient (Wildman–Crippen LogP) is 6.42. The Bertz CT molecular complexity index is 1510. The van der Waals surface area contributed by atoms with Crippen LogP contribution in [0, 0.1) is 20.8 Å². The molecule has 1 aromatic heterocycles. The average molecular weight is 524 g/mol. The van der Waals surface area contributed by atoms with Crippen molar-refractivity contribution in [2.24, 2.45) is 0 Å². The molecule has 1 amide bonds. The zero-order valence-corrected chi connectivity index (χ0v) is 22.7. The number of nitrogens with one attached hydrogen (secondary N) is 1. The highest BCUT2D eigenvalue weighted by atomic mass is 16.5. The van der Waals surface area contributed by atoms with Crippen LogP contribution in [-0.2, 0) is 6.54 Å². The molecule has 39 heavy (non-hydrogen) atoms. The smallest absolute Gasteiger partial charge is 0.273 e. The van der Waals surface area contributed by atoms with Crippen molar-refractivity contribution in [1.82, 2.24) is 15.1 Å². The molecule has 0 bridgehead atoms. The normalized spacial score (nSPS) is 14.4. The lowest BCUT2D eigenvalue weighted by atomic mass is 9.92. The lowest BCUT2D eigenvalue weighted by molar-refractivity contribution is 0.0730. The molecule has 1 atom stereocenters. The second kappa shape index (κ2) is 10.7. The van der Waals surface area contributed by atoms with Crippen LogP contribution in [0.3, 0.4) is 0 Å². The van der Waals surface area contributed by atoms with Crippen molar-refractivity contribution in [3.63, 3.8) is 0 Å². The van der Waals surface area contributed by atoms with E-state index in [0.29, 0.717) is 48.2 Å². The van der Waals surface area contributed by atoms with Gasteiger partial charge in [-0.05, 0) is 68.1 Å². The minimum Gasteiger partial charge on any atom is -0.507 e. The quantitative estimate of drug-likeness (QED) is 0.247. The minimum absolute atomic E-state index is 0.133. The van der Waals surface area contributed by atoms with Crippen LogP contribution in [0.2, 0.25) is 0 Å². The van der Waals surface area contributed by atoms with Gasteiger partial charge in [0.25, 0.3) is 5.91 Å². The Morgan fingerprint density at radius 2 is 1.79 bits per heavy atom. The Kier molecular flexibility index (Phi) is 7.15. The van der Waals surface area contributed by atoms with E-state index in [1.165, 1.54) is 0 Å². The summed E-state index contributed by atoms with van der Waals surface area (Å²) >= 11 is 0. The molecular weight excluding hydrogens is 490 g/mol. The maximum atomic E-state index is 13.9. The molecule has 5 rings (SSSR count). The van der Waals surface area contributed by atoms with Crippen molar-refractivity contribution in [3.8, 4) is 28.5 Å². The number of H-pyrrole nitrogens is 1. The molecule has 0 radical (unpaired) electrons. The van der Waals surface area contributed by atoms with E-state index < -0.39 is 6.04 Å². The van der Waals surface area contributed by atoms with Crippen LogP contribution in [0.1, 0.15) is 56.8 Å². The Morgan fingerprint density at radius 1 is 1.03 bits per heavy atom. The number of phenols is 1. The molecule has 1 aliphatic rings. The molecule has 0 spiro atoms. The number of aryl methyl sites for hydroxylation is 3. The minimum atomic E-state index is -0.463. The third-order valence-corrected chi connectivity index (χ3v) is 6.97. The van der Waals surface area contributed by atoms with Crippen LogP contribution in [0.4, 0.5) is 0 Å². The number of aromatic amines is 1. The fourth-order valence-corrected chi connectivity index (χ4v) is 5.27. The zero-order valence-electron chi connectivity index (χ0n) is 22.7. The van der Waals surface area contributed by atoms with Gasteiger partial charge in [-0.3, -0.25) is 9.89 Å². The number of amides is 1. The van der Waals surface area contributed by atoms with Crippen LogP contribution in [-0.4, -0.2) is 39.3 Å². The van der Waals surface area contributed by atoms with E-state index in [0.717, 1.165) is 33.4 Å². The zero-order chi connectivity index (χ0) is 27.7. The van der Waals surface area contributed by atoms with Crippen LogP contribution < -0.4 is 9.47 Å². The molecule has 4 aromatic rings. The van der Waals surface area contributed by atoms with Crippen LogP contribution in [0.15, 0.2) is 67.3 Å². The second-order valence-electron chi connectivity index (χ2n) is 9.90. The van der Waals surface area contributed by atoms with E-state index in [9.17, 15) is 9.90 Å². The van der Waals surface area contributed by atoms with Gasteiger partial charge < -0.3 is 19.5 Å². The summed E-state index contributed by atoms with van der Waals surface area (Å²) in [5.41, 5.74) is 7.20. The summed E-state index contributed by atoms with van der Waals surface area (Å²) in [6.45, 7) is 12.8. The highest BCUT2D eigenvalue weighted by Crippen LogP contribution is 2.47. The molecule has 0 saturated carbocycles. The van der Waals surface area contributed by atoms with Gasteiger partial charge in [0.1, 0.15) is 23.7 Å². The van der Waals surface area contributed by atoms with Crippen LogP contribution in [0.5, 0.6) is 17.2 Å². The Hall–Kier alpha value is -4.52. The summed E-state index contributed by atoms with van der Waals surface area (Å²) in [7, 11) is 0. The molecule has 0 aliphatic carbocycles. The number of aromatic hydroxyl groups is 1. The number of carbonyl (C=O) groups excluding carboxylic acids is 1. The molecule has 200 valence electrons. The number of phenolic OH excluding ortho intramolecular Hbond substituents is 1. The molecule has 3 aromatic carbocycles. The number of rotatable bonds is 9. The first-order valence-corrected chi connectivity index (χ1v) is 13.1. The number of carbonyl (C=O) groups is 1. The number of nitrogens with zero attached hydrogens (tertiary/aromatic N) is 2. The number of hydrogen-bond donors (Lipinski definition) is 2. The summed E-state index contributed by atoms with van der Waals surface area (Å²) in [4.78, 5) is 15.7. The Balaban J connectivity index is 1.68. The van der Waals surface area contributed by atoms with Crippen LogP contribution in [0.25, 0.3) is 11.3 Å². The summed E-state index contributed by atoms with van der Waals surface area (Å²) in [5, 5.41) is 18.5. The Morgan fingerprint density at radius 3 is 2.49 bits per heavy atom. The van der Waals surface area contributed by atoms with Crippen LogP contribution >= 0.6 is 0 Å². The monoisotopic (exact) mass is 523 g/mol. The number of benzene rings is 3. The van der Waals surface area contributed by atoms with Crippen molar-refractivity contribution in [3.05, 3.63) is 106 Å². The highest BCUT2D eigenvalue weighted by molar-refractivity contribution is 6.00. The standard InChI is InChI=1S/C32H33N3O4/c1-6-14-39-25-13-12-23(17-26(25)38-7-2)31-28-29(27-21(5)15-20(4)16-24(27)36)33-34-30(28)32(37)35(31)18-22-10-8-19(3)9-11-22/h6,8-13,15-17,31,36H,1,7,14,18H2,2-5H3,(H,33,34). The van der Waals surface area contributed by atoms with E-state index >= 15 is 0 Å². The van der Waals surface area contributed by atoms with E-state index in [1.807, 2.05) is 81.1 Å². The molecule has 1 unspecified atom stereocenters. The average Bonchev–Trinajstić information content (AvgIpc) is 3.43. The molecule has 2 heterocycles. The fourth-order valence-electron chi connectivity index (χ4n) is 5.27. The topological polar surface area (TPSA) is 87.7 Å². The van der Waals surface area contributed by atoms with Gasteiger partial charge in [0.05, 0.1) is 12.6 Å². The third kappa shape index (κ3) is 4.88.